The second-order valence-electron chi connectivity index (χ2n) is 3.86. The molecule has 4 heteroatoms. The maximum absolute atomic E-state index is 11.6. The van der Waals surface area contributed by atoms with Gasteiger partial charge in [-0.25, -0.2) is 5.43 Å². The van der Waals surface area contributed by atoms with Gasteiger partial charge in [-0.3, -0.25) is 4.79 Å². The first-order valence-corrected chi connectivity index (χ1v) is 5.55. The summed E-state index contributed by atoms with van der Waals surface area (Å²) in [7, 11) is 0. The molecule has 0 bridgehead atoms. The zero-order valence-electron chi connectivity index (χ0n) is 9.40. The van der Waals surface area contributed by atoms with Gasteiger partial charge in [0.1, 0.15) is 0 Å². The predicted octanol–water partition coefficient (Wildman–Crippen LogP) is 3.10. The Kier molecular flexibility index (Phi) is 4.99. The third-order valence-corrected chi connectivity index (χ3v) is 2.28. The highest BCUT2D eigenvalue weighted by Gasteiger charge is 2.07. The Morgan fingerprint density at radius 2 is 2.19 bits per heavy atom. The van der Waals surface area contributed by atoms with Crippen molar-refractivity contribution < 1.29 is 4.79 Å². The molecule has 0 aliphatic heterocycles. The maximum Gasteiger partial charge on any atom is 0.272 e. The van der Waals surface area contributed by atoms with Crippen LogP contribution in [0, 0.1) is 5.92 Å². The number of benzene rings is 1. The minimum atomic E-state index is -0.286. The molecule has 3 nitrogen and oxygen atoms in total. The lowest BCUT2D eigenvalue weighted by Crippen LogP contribution is -2.17. The molecule has 0 saturated carbocycles. The quantitative estimate of drug-likeness (QED) is 0.636. The Labute approximate surface area is 101 Å². The van der Waals surface area contributed by atoms with E-state index in [0.29, 0.717) is 16.5 Å². The van der Waals surface area contributed by atoms with E-state index in [1.807, 2.05) is 0 Å². The van der Waals surface area contributed by atoms with Gasteiger partial charge in [0.25, 0.3) is 5.91 Å². The van der Waals surface area contributed by atoms with E-state index in [2.05, 4.69) is 24.4 Å². The predicted molar refractivity (Wildman–Crippen MR) is 66.9 cm³/mol. The van der Waals surface area contributed by atoms with Crippen molar-refractivity contribution >= 4 is 23.7 Å². The van der Waals surface area contributed by atoms with Gasteiger partial charge in [0.2, 0.25) is 0 Å². The van der Waals surface area contributed by atoms with Crippen molar-refractivity contribution in [3.63, 3.8) is 0 Å². The molecule has 0 saturated heterocycles. The SMILES string of the molecule is CC(C)C/C=N\NC(=O)c1ccccc1Cl. The number of nitrogens with zero attached hydrogens (tertiary/aromatic N) is 1. The molecule has 0 unspecified atom stereocenters. The molecule has 1 aromatic carbocycles. The second kappa shape index (κ2) is 6.28. The molecule has 0 aliphatic rings. The number of carbonyl (C=O) groups is 1. The molecule has 1 rings (SSSR count). The van der Waals surface area contributed by atoms with Crippen LogP contribution in [0.5, 0.6) is 0 Å². The number of rotatable bonds is 4. The second-order valence-corrected chi connectivity index (χ2v) is 4.27. The topological polar surface area (TPSA) is 41.5 Å². The molecule has 1 aromatic rings. The van der Waals surface area contributed by atoms with Gasteiger partial charge in [-0.05, 0) is 24.5 Å². The van der Waals surface area contributed by atoms with Gasteiger partial charge in [0.05, 0.1) is 10.6 Å². The molecule has 0 radical (unpaired) electrons. The van der Waals surface area contributed by atoms with Crippen LogP contribution in [-0.2, 0) is 0 Å². The molecule has 1 N–H and O–H groups in total. The molecule has 1 amide bonds. The largest absolute Gasteiger partial charge is 0.272 e. The highest BCUT2D eigenvalue weighted by Crippen LogP contribution is 2.14. The summed E-state index contributed by atoms with van der Waals surface area (Å²) in [6.45, 7) is 4.17. The molecular formula is C12H15ClN2O. The van der Waals surface area contributed by atoms with Gasteiger partial charge in [-0.15, -0.1) is 0 Å². The van der Waals surface area contributed by atoms with Crippen LogP contribution in [0.4, 0.5) is 0 Å². The smallest absolute Gasteiger partial charge is 0.267 e. The van der Waals surface area contributed by atoms with Crippen molar-refractivity contribution in [3.05, 3.63) is 34.9 Å². The summed E-state index contributed by atoms with van der Waals surface area (Å²) in [5.41, 5.74) is 2.88. The van der Waals surface area contributed by atoms with Crippen molar-refractivity contribution in [3.8, 4) is 0 Å². The van der Waals surface area contributed by atoms with Crippen molar-refractivity contribution in [1.29, 1.82) is 0 Å². The van der Waals surface area contributed by atoms with Crippen LogP contribution in [0.3, 0.4) is 0 Å². The Hall–Kier alpha value is -1.35. The lowest BCUT2D eigenvalue weighted by Gasteiger charge is -2.02. The van der Waals surface area contributed by atoms with Gasteiger partial charge in [-0.1, -0.05) is 37.6 Å². The van der Waals surface area contributed by atoms with E-state index in [-0.39, 0.29) is 5.91 Å². The Morgan fingerprint density at radius 1 is 1.50 bits per heavy atom. The van der Waals surface area contributed by atoms with E-state index in [1.165, 1.54) is 0 Å². The van der Waals surface area contributed by atoms with Gasteiger partial charge in [-0.2, -0.15) is 5.10 Å². The van der Waals surface area contributed by atoms with E-state index in [0.717, 1.165) is 6.42 Å². The van der Waals surface area contributed by atoms with Gasteiger partial charge >= 0.3 is 0 Å². The molecule has 0 fully saturated rings. The minimum Gasteiger partial charge on any atom is -0.267 e. The van der Waals surface area contributed by atoms with Crippen molar-refractivity contribution in [1.82, 2.24) is 5.43 Å². The Morgan fingerprint density at radius 3 is 2.81 bits per heavy atom. The number of hydrazone groups is 1. The number of amides is 1. The lowest BCUT2D eigenvalue weighted by atomic mass is 10.2. The summed E-state index contributed by atoms with van der Waals surface area (Å²) in [5.74, 6) is 0.242. The highest BCUT2D eigenvalue weighted by molar-refractivity contribution is 6.33. The van der Waals surface area contributed by atoms with E-state index >= 15 is 0 Å². The van der Waals surface area contributed by atoms with Crippen molar-refractivity contribution in [2.24, 2.45) is 11.0 Å². The molecule has 0 atom stereocenters. The monoisotopic (exact) mass is 238 g/mol. The summed E-state index contributed by atoms with van der Waals surface area (Å²) in [5, 5.41) is 4.28. The van der Waals surface area contributed by atoms with Crippen molar-refractivity contribution in [2.75, 3.05) is 0 Å². The van der Waals surface area contributed by atoms with Gasteiger partial charge in [0, 0.05) is 6.21 Å². The van der Waals surface area contributed by atoms with Crippen LogP contribution in [0.15, 0.2) is 29.4 Å². The lowest BCUT2D eigenvalue weighted by molar-refractivity contribution is 0.0955. The molecule has 16 heavy (non-hydrogen) atoms. The van der Waals surface area contributed by atoms with Crippen LogP contribution in [0.2, 0.25) is 5.02 Å². The third-order valence-electron chi connectivity index (χ3n) is 1.95. The first kappa shape index (κ1) is 12.7. The number of halogens is 1. The number of hydrogen-bond acceptors (Lipinski definition) is 2. The van der Waals surface area contributed by atoms with E-state index in [4.69, 9.17) is 11.6 Å². The minimum absolute atomic E-state index is 0.286. The average Bonchev–Trinajstić information content (AvgIpc) is 2.24. The third kappa shape index (κ3) is 4.03. The Bertz CT molecular complexity index is 388. The van der Waals surface area contributed by atoms with Crippen molar-refractivity contribution in [2.45, 2.75) is 20.3 Å². The van der Waals surface area contributed by atoms with Crippen LogP contribution in [0.25, 0.3) is 0 Å². The average molecular weight is 239 g/mol. The van der Waals surface area contributed by atoms with Crippen LogP contribution >= 0.6 is 11.6 Å². The van der Waals surface area contributed by atoms with Crippen LogP contribution < -0.4 is 5.43 Å². The standard InChI is InChI=1S/C12H15ClN2O/c1-9(2)7-8-14-15-12(16)10-5-3-4-6-11(10)13/h3-6,8-9H,7H2,1-2H3,(H,15,16)/b14-8-. The normalized spacial score (nSPS) is 11.0. The number of carbonyl (C=O) groups excluding carboxylic acids is 1. The van der Waals surface area contributed by atoms with E-state index in [1.54, 1.807) is 30.5 Å². The summed E-state index contributed by atoms with van der Waals surface area (Å²) in [6, 6.07) is 6.88. The Balaban J connectivity index is 2.54. The van der Waals surface area contributed by atoms with E-state index < -0.39 is 0 Å². The zero-order valence-corrected chi connectivity index (χ0v) is 10.2. The fraction of sp³-hybridized carbons (Fsp3) is 0.333. The van der Waals surface area contributed by atoms with Gasteiger partial charge < -0.3 is 0 Å². The molecule has 86 valence electrons. The van der Waals surface area contributed by atoms with E-state index in [9.17, 15) is 4.79 Å². The fourth-order valence-corrected chi connectivity index (χ4v) is 1.29. The maximum atomic E-state index is 11.6. The summed E-state index contributed by atoms with van der Waals surface area (Å²) >= 11 is 5.87. The molecule has 0 aromatic heterocycles. The van der Waals surface area contributed by atoms with Crippen LogP contribution in [0.1, 0.15) is 30.6 Å². The summed E-state index contributed by atoms with van der Waals surface area (Å²) < 4.78 is 0. The summed E-state index contributed by atoms with van der Waals surface area (Å²) in [6.07, 6.45) is 2.53. The molecule has 0 aliphatic carbocycles. The summed E-state index contributed by atoms with van der Waals surface area (Å²) in [4.78, 5) is 11.6. The zero-order chi connectivity index (χ0) is 12.0. The first-order valence-electron chi connectivity index (χ1n) is 5.17. The van der Waals surface area contributed by atoms with Crippen LogP contribution in [-0.4, -0.2) is 12.1 Å². The highest BCUT2D eigenvalue weighted by atomic mass is 35.5. The molecule has 0 spiro atoms. The molecule has 0 heterocycles. The van der Waals surface area contributed by atoms with Gasteiger partial charge in [0.15, 0.2) is 0 Å². The number of hydrogen-bond donors (Lipinski definition) is 1. The fourth-order valence-electron chi connectivity index (χ4n) is 1.07. The first-order chi connectivity index (χ1) is 7.61. The molecular weight excluding hydrogens is 224 g/mol. The number of nitrogens with one attached hydrogen (secondary N) is 1.